The smallest absolute Gasteiger partial charge is 0.410 e. The normalized spacial score (nSPS) is 14.9. The lowest BCUT2D eigenvalue weighted by Crippen LogP contribution is -2.50. The van der Waals surface area contributed by atoms with Gasteiger partial charge in [-0.05, 0) is 39.0 Å². The molecule has 1 aliphatic rings. The van der Waals surface area contributed by atoms with E-state index in [0.29, 0.717) is 31.9 Å². The summed E-state index contributed by atoms with van der Waals surface area (Å²) in [5.41, 5.74) is 5.66. The summed E-state index contributed by atoms with van der Waals surface area (Å²) >= 11 is 4.78. The average molecular weight is 417 g/mol. The first-order valence-electron chi connectivity index (χ1n) is 8.95. The van der Waals surface area contributed by atoms with Crippen molar-refractivity contribution in [3.8, 4) is 6.07 Å². The molecule has 0 unspecified atom stereocenters. The highest BCUT2D eigenvalue weighted by Gasteiger charge is 2.27. The van der Waals surface area contributed by atoms with Crippen molar-refractivity contribution in [2.45, 2.75) is 26.4 Å². The van der Waals surface area contributed by atoms with Crippen LogP contribution in [-0.4, -0.2) is 52.7 Å². The van der Waals surface area contributed by atoms with E-state index in [1.54, 1.807) is 17.0 Å². The molecule has 0 radical (unpaired) electrons. The highest BCUT2D eigenvalue weighted by atomic mass is 32.1. The van der Waals surface area contributed by atoms with E-state index in [-0.39, 0.29) is 27.9 Å². The molecule has 2 rings (SSSR count). The zero-order chi connectivity index (χ0) is 21.8. The van der Waals surface area contributed by atoms with Crippen molar-refractivity contribution in [1.29, 1.82) is 5.26 Å². The molecule has 0 spiro atoms. The molecule has 0 atom stereocenters. The van der Waals surface area contributed by atoms with Gasteiger partial charge in [0.25, 0.3) is 5.69 Å². The first-order valence-corrected chi connectivity index (χ1v) is 9.35. The topological polar surface area (TPSA) is 126 Å². The molecule has 154 valence electrons. The van der Waals surface area contributed by atoms with Gasteiger partial charge in [-0.1, -0.05) is 12.2 Å². The molecule has 1 aromatic carbocycles. The van der Waals surface area contributed by atoms with Crippen LogP contribution in [0.5, 0.6) is 0 Å². The van der Waals surface area contributed by atoms with E-state index in [9.17, 15) is 14.9 Å². The lowest BCUT2D eigenvalue weighted by atomic mass is 10.1. The number of anilines is 1. The summed E-state index contributed by atoms with van der Waals surface area (Å²) in [6.45, 7) is 7.36. The minimum atomic E-state index is -0.563. The summed E-state index contributed by atoms with van der Waals surface area (Å²) < 4.78 is 5.38. The Labute approximate surface area is 174 Å². The number of thiocarbonyl (C=S) groups is 1. The molecule has 10 heteroatoms. The standard InChI is InChI=1S/C19H23N5O4S/c1-19(2,3)28-18(25)23-8-6-22(7-9-23)15-5-4-13(16(11-15)24(26)27)10-14(12-20)17(21)29/h4-5,10-11H,6-9H2,1-3H3,(H2,21,29)/b14-10-. The fraction of sp³-hybridized carbons (Fsp3) is 0.421. The van der Waals surface area contributed by atoms with Crippen LogP contribution in [0, 0.1) is 21.4 Å². The number of nitro benzene ring substituents is 1. The van der Waals surface area contributed by atoms with Crippen molar-refractivity contribution < 1.29 is 14.5 Å². The molecule has 0 saturated carbocycles. The third-order valence-corrected chi connectivity index (χ3v) is 4.41. The van der Waals surface area contributed by atoms with Crippen LogP contribution in [0.4, 0.5) is 16.2 Å². The van der Waals surface area contributed by atoms with Gasteiger partial charge in [-0.2, -0.15) is 5.26 Å². The third-order valence-electron chi connectivity index (χ3n) is 4.19. The Kier molecular flexibility index (Phi) is 6.76. The minimum Gasteiger partial charge on any atom is -0.444 e. The van der Waals surface area contributed by atoms with Crippen LogP contribution in [0.3, 0.4) is 0 Å². The summed E-state index contributed by atoms with van der Waals surface area (Å²) in [6, 6.07) is 6.58. The maximum absolute atomic E-state index is 12.2. The quantitative estimate of drug-likeness (QED) is 0.261. The Morgan fingerprint density at radius 3 is 2.45 bits per heavy atom. The molecule has 0 bridgehead atoms. The van der Waals surface area contributed by atoms with Gasteiger partial charge in [-0.3, -0.25) is 10.1 Å². The number of amides is 1. The zero-order valence-corrected chi connectivity index (χ0v) is 17.4. The molecular formula is C19H23N5O4S. The van der Waals surface area contributed by atoms with E-state index < -0.39 is 10.5 Å². The van der Waals surface area contributed by atoms with Crippen molar-refractivity contribution in [2.24, 2.45) is 5.73 Å². The molecule has 1 heterocycles. The monoisotopic (exact) mass is 417 g/mol. The fourth-order valence-corrected chi connectivity index (χ4v) is 2.90. The number of nitro groups is 1. The lowest BCUT2D eigenvalue weighted by Gasteiger charge is -2.36. The van der Waals surface area contributed by atoms with Crippen LogP contribution >= 0.6 is 12.2 Å². The van der Waals surface area contributed by atoms with Gasteiger partial charge in [0, 0.05) is 37.9 Å². The summed E-state index contributed by atoms with van der Waals surface area (Å²) in [5, 5.41) is 20.6. The van der Waals surface area contributed by atoms with Gasteiger partial charge in [-0.15, -0.1) is 0 Å². The van der Waals surface area contributed by atoms with Crippen LogP contribution in [-0.2, 0) is 4.74 Å². The molecule has 0 aliphatic carbocycles. The van der Waals surface area contributed by atoms with Gasteiger partial charge in [-0.25, -0.2) is 4.79 Å². The number of benzene rings is 1. The number of ether oxygens (including phenoxy) is 1. The summed E-state index contributed by atoms with van der Waals surface area (Å²) in [6.07, 6.45) is 0.940. The Morgan fingerprint density at radius 1 is 1.34 bits per heavy atom. The Morgan fingerprint density at radius 2 is 1.97 bits per heavy atom. The molecule has 1 aliphatic heterocycles. The van der Waals surface area contributed by atoms with Crippen LogP contribution in [0.1, 0.15) is 26.3 Å². The highest BCUT2D eigenvalue weighted by molar-refractivity contribution is 7.80. The predicted molar refractivity (Wildman–Crippen MR) is 113 cm³/mol. The number of piperazine rings is 1. The minimum absolute atomic E-state index is 0.00169. The van der Waals surface area contributed by atoms with Gasteiger partial charge in [0.05, 0.1) is 16.1 Å². The van der Waals surface area contributed by atoms with Gasteiger partial charge >= 0.3 is 6.09 Å². The maximum Gasteiger partial charge on any atom is 0.410 e. The van der Waals surface area contributed by atoms with Crippen LogP contribution in [0.15, 0.2) is 23.8 Å². The second kappa shape index (κ2) is 8.87. The van der Waals surface area contributed by atoms with E-state index >= 15 is 0 Å². The number of nitriles is 1. The molecule has 1 aromatic rings. The van der Waals surface area contributed by atoms with Crippen molar-refractivity contribution in [1.82, 2.24) is 4.90 Å². The molecule has 1 fully saturated rings. The third kappa shape index (κ3) is 5.89. The molecule has 1 amide bonds. The van der Waals surface area contributed by atoms with Crippen molar-refractivity contribution in [3.63, 3.8) is 0 Å². The molecular weight excluding hydrogens is 394 g/mol. The fourth-order valence-electron chi connectivity index (χ4n) is 2.80. The summed E-state index contributed by atoms with van der Waals surface area (Å²) in [5.74, 6) is 0. The largest absolute Gasteiger partial charge is 0.444 e. The molecule has 0 aromatic heterocycles. The second-order valence-corrected chi connectivity index (χ2v) is 7.93. The molecule has 9 nitrogen and oxygen atoms in total. The van der Waals surface area contributed by atoms with E-state index in [2.05, 4.69) is 0 Å². The van der Waals surface area contributed by atoms with E-state index in [1.165, 1.54) is 12.1 Å². The molecule has 1 saturated heterocycles. The molecule has 29 heavy (non-hydrogen) atoms. The first kappa shape index (κ1) is 22.1. The maximum atomic E-state index is 12.2. The second-order valence-electron chi connectivity index (χ2n) is 7.49. The zero-order valence-electron chi connectivity index (χ0n) is 16.5. The van der Waals surface area contributed by atoms with E-state index in [1.807, 2.05) is 31.7 Å². The van der Waals surface area contributed by atoms with Crippen LogP contribution < -0.4 is 10.6 Å². The number of hydrogen-bond donors (Lipinski definition) is 1. The lowest BCUT2D eigenvalue weighted by molar-refractivity contribution is -0.385. The number of rotatable bonds is 4. The predicted octanol–water partition coefficient (Wildman–Crippen LogP) is 2.84. The van der Waals surface area contributed by atoms with E-state index in [4.69, 9.17) is 28.0 Å². The number of nitrogens with zero attached hydrogens (tertiary/aromatic N) is 4. The van der Waals surface area contributed by atoms with Crippen molar-refractivity contribution >= 4 is 40.8 Å². The van der Waals surface area contributed by atoms with Gasteiger partial charge < -0.3 is 20.3 Å². The first-order chi connectivity index (χ1) is 13.5. The molecule has 2 N–H and O–H groups in total. The highest BCUT2D eigenvalue weighted by Crippen LogP contribution is 2.28. The Hall–Kier alpha value is -3.19. The van der Waals surface area contributed by atoms with Gasteiger partial charge in [0.1, 0.15) is 16.7 Å². The Bertz CT molecular complexity index is 893. The summed E-state index contributed by atoms with van der Waals surface area (Å²) in [4.78, 5) is 26.6. The van der Waals surface area contributed by atoms with Crippen LogP contribution in [0.2, 0.25) is 0 Å². The number of nitrogens with two attached hydrogens (primary N) is 1. The van der Waals surface area contributed by atoms with Crippen molar-refractivity contribution in [3.05, 3.63) is 39.4 Å². The number of hydrogen-bond acceptors (Lipinski definition) is 7. The summed E-state index contributed by atoms with van der Waals surface area (Å²) in [7, 11) is 0. The van der Waals surface area contributed by atoms with Gasteiger partial charge in [0.15, 0.2) is 0 Å². The number of carbonyl (C=O) groups excluding carboxylic acids is 1. The number of carbonyl (C=O) groups is 1. The van der Waals surface area contributed by atoms with E-state index in [0.717, 1.165) is 0 Å². The van der Waals surface area contributed by atoms with Crippen LogP contribution in [0.25, 0.3) is 6.08 Å². The SMILES string of the molecule is CC(C)(C)OC(=O)N1CCN(c2ccc(/C=C(/C#N)C(N)=S)c([N+](=O)[O-])c2)CC1. The Balaban J connectivity index is 2.18. The average Bonchev–Trinajstić information content (AvgIpc) is 2.64. The van der Waals surface area contributed by atoms with Gasteiger partial charge in [0.2, 0.25) is 0 Å². The van der Waals surface area contributed by atoms with Crippen molar-refractivity contribution in [2.75, 3.05) is 31.1 Å².